The Morgan fingerprint density at radius 1 is 0.507 bits per heavy atom. The second-order valence-electron chi connectivity index (χ2n) is 20.8. The van der Waals surface area contributed by atoms with Crippen molar-refractivity contribution in [2.24, 2.45) is 0 Å². The van der Waals surface area contributed by atoms with E-state index in [1.54, 1.807) is 0 Å². The number of ether oxygens (including phenoxy) is 4. The molecule has 14 heteroatoms. The van der Waals surface area contributed by atoms with Crippen LogP contribution in [0.4, 0.5) is 0 Å². The first kappa shape index (κ1) is 65.6. The zero-order chi connectivity index (χ0) is 51.7. The van der Waals surface area contributed by atoms with Crippen molar-refractivity contribution in [3.8, 4) is 0 Å². The van der Waals surface area contributed by atoms with Crippen LogP contribution in [0.5, 0.6) is 0 Å². The van der Waals surface area contributed by atoms with Crippen LogP contribution in [0.2, 0.25) is 0 Å². The number of unbranched alkanes of at least 4 members (excludes halogenated alkanes) is 29. The predicted octanol–water partition coefficient (Wildman–Crippen LogP) is 9.28. The van der Waals surface area contributed by atoms with E-state index in [9.17, 15) is 45.6 Å². The van der Waals surface area contributed by atoms with Crippen molar-refractivity contribution in [3.63, 3.8) is 0 Å². The second-order valence-corrected chi connectivity index (χ2v) is 20.8. The molecule has 12 unspecified atom stereocenters. The fraction of sp³-hybridized carbons (Fsp3) is 0.912. The highest BCUT2D eigenvalue weighted by Crippen LogP contribution is 2.30. The van der Waals surface area contributed by atoms with E-state index < -0.39 is 86.8 Å². The highest BCUT2D eigenvalue weighted by atomic mass is 16.7. The Morgan fingerprint density at radius 3 is 1.44 bits per heavy atom. The summed E-state index contributed by atoms with van der Waals surface area (Å²) in [4.78, 5) is 13.3. The molecule has 0 aliphatic carbocycles. The third-order valence-electron chi connectivity index (χ3n) is 14.4. The first-order valence-electron chi connectivity index (χ1n) is 29.1. The molecule has 71 heavy (non-hydrogen) atoms. The molecule has 2 rings (SSSR count). The third-order valence-corrected chi connectivity index (χ3v) is 14.4. The van der Waals surface area contributed by atoms with Gasteiger partial charge in [-0.2, -0.15) is 0 Å². The fourth-order valence-electron chi connectivity index (χ4n) is 9.68. The smallest absolute Gasteiger partial charge is 0.220 e. The monoisotopic (exact) mass is 1010 g/mol. The van der Waals surface area contributed by atoms with Crippen molar-refractivity contribution in [1.29, 1.82) is 0 Å². The van der Waals surface area contributed by atoms with Crippen molar-refractivity contribution in [3.05, 3.63) is 24.3 Å². The Hall–Kier alpha value is -1.53. The molecule has 418 valence electrons. The predicted molar refractivity (Wildman–Crippen MR) is 282 cm³/mol. The number of aliphatic hydroxyl groups excluding tert-OH is 8. The summed E-state index contributed by atoms with van der Waals surface area (Å²) in [6, 6.07) is -0.829. The molecule has 14 nitrogen and oxygen atoms in total. The zero-order valence-corrected chi connectivity index (χ0v) is 44.7. The van der Waals surface area contributed by atoms with Gasteiger partial charge in [-0.1, -0.05) is 212 Å². The summed E-state index contributed by atoms with van der Waals surface area (Å²) in [7, 11) is 0. The largest absolute Gasteiger partial charge is 0.394 e. The van der Waals surface area contributed by atoms with E-state index in [-0.39, 0.29) is 12.5 Å². The molecule has 2 aliphatic heterocycles. The number of rotatable bonds is 46. The molecule has 2 fully saturated rings. The quantitative estimate of drug-likeness (QED) is 0.0205. The van der Waals surface area contributed by atoms with Gasteiger partial charge in [0, 0.05) is 6.42 Å². The van der Waals surface area contributed by atoms with E-state index in [4.69, 9.17) is 18.9 Å². The normalized spacial score (nSPS) is 25.9. The van der Waals surface area contributed by atoms with Gasteiger partial charge in [-0.25, -0.2) is 0 Å². The van der Waals surface area contributed by atoms with Crippen LogP contribution in [0, 0.1) is 0 Å². The maximum atomic E-state index is 13.3. The molecule has 0 saturated carbocycles. The summed E-state index contributed by atoms with van der Waals surface area (Å²) in [5, 5.41) is 87.2. The number of amides is 1. The molecular formula is C57H107NO13. The minimum atomic E-state index is -1.78. The summed E-state index contributed by atoms with van der Waals surface area (Å²) >= 11 is 0. The Bertz CT molecular complexity index is 1290. The summed E-state index contributed by atoms with van der Waals surface area (Å²) in [6.45, 7) is 2.85. The van der Waals surface area contributed by atoms with Crippen LogP contribution in [0.1, 0.15) is 239 Å². The molecule has 0 spiro atoms. The maximum Gasteiger partial charge on any atom is 0.220 e. The number of carbonyl (C=O) groups is 1. The van der Waals surface area contributed by atoms with Crippen LogP contribution in [0.25, 0.3) is 0 Å². The van der Waals surface area contributed by atoms with Crippen molar-refractivity contribution in [2.75, 3.05) is 19.8 Å². The summed E-state index contributed by atoms with van der Waals surface area (Å²) < 4.78 is 22.8. The van der Waals surface area contributed by atoms with E-state index in [1.807, 2.05) is 0 Å². The molecule has 0 aromatic carbocycles. The first-order chi connectivity index (χ1) is 34.6. The van der Waals surface area contributed by atoms with E-state index in [0.717, 1.165) is 64.2 Å². The Kier molecular flexibility index (Phi) is 40.4. The number of allylic oxidation sites excluding steroid dienone is 4. The Labute approximate surface area is 430 Å². The molecule has 1 amide bonds. The lowest BCUT2D eigenvalue weighted by molar-refractivity contribution is -0.359. The van der Waals surface area contributed by atoms with Crippen LogP contribution in [0.15, 0.2) is 24.3 Å². The topological polar surface area (TPSA) is 228 Å². The highest BCUT2D eigenvalue weighted by molar-refractivity contribution is 5.76. The molecular weight excluding hydrogens is 907 g/mol. The van der Waals surface area contributed by atoms with Gasteiger partial charge in [0.05, 0.1) is 32.0 Å². The molecule has 0 aromatic rings. The van der Waals surface area contributed by atoms with Crippen LogP contribution < -0.4 is 5.32 Å². The van der Waals surface area contributed by atoms with Crippen LogP contribution in [-0.4, -0.2) is 140 Å². The van der Waals surface area contributed by atoms with Crippen molar-refractivity contribution in [1.82, 2.24) is 5.32 Å². The van der Waals surface area contributed by atoms with Gasteiger partial charge < -0.3 is 65.1 Å². The SMILES string of the molecule is CCCCC/C=C\C/C=C\CCCCCCCCCCCC(=O)NC(COC1OC(CO)C(OC2OC(CO)C(O)C(O)C2O)C(O)C1O)C(O)CCCCCCCCCCCCCCCCCCCC. The molecule has 2 aliphatic rings. The summed E-state index contributed by atoms with van der Waals surface area (Å²) in [6.07, 6.45) is 33.1. The van der Waals surface area contributed by atoms with Gasteiger partial charge in [-0.15, -0.1) is 0 Å². The number of nitrogens with one attached hydrogen (secondary N) is 1. The number of aliphatic hydroxyl groups is 8. The van der Waals surface area contributed by atoms with Crippen LogP contribution in [0.3, 0.4) is 0 Å². The summed E-state index contributed by atoms with van der Waals surface area (Å²) in [5.74, 6) is -0.209. The van der Waals surface area contributed by atoms with E-state index in [0.29, 0.717) is 12.8 Å². The zero-order valence-electron chi connectivity index (χ0n) is 44.7. The second kappa shape index (κ2) is 43.7. The van der Waals surface area contributed by atoms with E-state index in [1.165, 1.54) is 148 Å². The lowest BCUT2D eigenvalue weighted by Gasteiger charge is -2.46. The average molecular weight is 1010 g/mol. The van der Waals surface area contributed by atoms with Crippen molar-refractivity contribution >= 4 is 5.91 Å². The minimum Gasteiger partial charge on any atom is -0.394 e. The van der Waals surface area contributed by atoms with Gasteiger partial charge in [0.25, 0.3) is 0 Å². The van der Waals surface area contributed by atoms with Gasteiger partial charge in [-0.05, 0) is 44.9 Å². The molecule has 2 saturated heterocycles. The molecule has 9 N–H and O–H groups in total. The molecule has 0 radical (unpaired) electrons. The van der Waals surface area contributed by atoms with Gasteiger partial charge in [-0.3, -0.25) is 4.79 Å². The number of carbonyl (C=O) groups excluding carboxylic acids is 1. The average Bonchev–Trinajstić information content (AvgIpc) is 3.37. The van der Waals surface area contributed by atoms with E-state index in [2.05, 4.69) is 43.5 Å². The van der Waals surface area contributed by atoms with Gasteiger partial charge in [0.2, 0.25) is 5.91 Å². The van der Waals surface area contributed by atoms with Crippen LogP contribution in [-0.2, 0) is 23.7 Å². The molecule has 0 bridgehead atoms. The maximum absolute atomic E-state index is 13.3. The van der Waals surface area contributed by atoms with Crippen LogP contribution >= 0.6 is 0 Å². The van der Waals surface area contributed by atoms with Gasteiger partial charge in [0.15, 0.2) is 12.6 Å². The standard InChI is InChI=1S/C57H107NO13/c1-3-5-7-9-11-13-15-17-19-21-23-25-27-29-31-33-35-37-39-41-49(62)58-45(46(61)40-38-36-34-32-30-28-26-24-22-20-18-16-14-12-10-8-6-4-2)44-68-56-54(67)52(65)55(48(43-60)70-56)71-57-53(66)51(64)50(63)47(42-59)69-57/h11,13,17,19,45-48,50-57,59-61,63-67H,3-10,12,14-16,18,20-44H2,1-2H3,(H,58,62)/b13-11-,19-17-. The summed E-state index contributed by atoms with van der Waals surface area (Å²) in [5.41, 5.74) is 0. The lowest BCUT2D eigenvalue weighted by atomic mass is 9.97. The highest BCUT2D eigenvalue weighted by Gasteiger charge is 2.51. The molecule has 12 atom stereocenters. The van der Waals surface area contributed by atoms with Gasteiger partial charge >= 0.3 is 0 Å². The number of hydrogen-bond acceptors (Lipinski definition) is 13. The van der Waals surface area contributed by atoms with E-state index >= 15 is 0 Å². The lowest BCUT2D eigenvalue weighted by Crippen LogP contribution is -2.65. The Morgan fingerprint density at radius 2 is 0.930 bits per heavy atom. The van der Waals surface area contributed by atoms with Crippen molar-refractivity contribution < 1.29 is 64.6 Å². The van der Waals surface area contributed by atoms with Gasteiger partial charge in [0.1, 0.15) is 48.8 Å². The molecule has 2 heterocycles. The fourth-order valence-corrected chi connectivity index (χ4v) is 9.68. The third kappa shape index (κ3) is 30.0. The first-order valence-corrected chi connectivity index (χ1v) is 29.1. The van der Waals surface area contributed by atoms with Crippen molar-refractivity contribution in [2.45, 2.75) is 312 Å². The number of hydrogen-bond donors (Lipinski definition) is 9. The molecule has 0 aromatic heterocycles. The Balaban J connectivity index is 1.77. The minimum absolute atomic E-state index is 0.209.